The van der Waals surface area contributed by atoms with Crippen LogP contribution in [0.3, 0.4) is 0 Å². The average Bonchev–Trinajstić information content (AvgIpc) is 2.44. The summed E-state index contributed by atoms with van der Waals surface area (Å²) in [4.78, 5) is 14.0. The summed E-state index contributed by atoms with van der Waals surface area (Å²) in [5.74, 6) is 1.54. The van der Waals surface area contributed by atoms with Gasteiger partial charge in [-0.3, -0.25) is 0 Å². The Morgan fingerprint density at radius 1 is 1.10 bits per heavy atom. The minimum atomic E-state index is -0.162. The molecule has 0 atom stereocenters. The smallest absolute Gasteiger partial charge is 0.317 e. The standard InChI is InChI=1S/C16H30N2O2/c1-12-3-5-13(6-4-12)11-18(2)16(20)17-14-7-9-15(19)10-8-14/h12-15,19H,3-11H2,1-2H3,(H,17,20). The maximum Gasteiger partial charge on any atom is 0.317 e. The van der Waals surface area contributed by atoms with Crippen molar-refractivity contribution in [2.24, 2.45) is 11.8 Å². The predicted octanol–water partition coefficient (Wildman–Crippen LogP) is 2.76. The van der Waals surface area contributed by atoms with Crippen LogP contribution in [0.25, 0.3) is 0 Å². The molecule has 20 heavy (non-hydrogen) atoms. The van der Waals surface area contributed by atoms with Crippen LogP contribution in [0, 0.1) is 11.8 Å². The number of urea groups is 1. The summed E-state index contributed by atoms with van der Waals surface area (Å²) >= 11 is 0. The summed E-state index contributed by atoms with van der Waals surface area (Å²) in [5, 5.41) is 12.6. The molecule has 0 aromatic carbocycles. The molecule has 2 aliphatic carbocycles. The third kappa shape index (κ3) is 4.65. The predicted molar refractivity (Wildman–Crippen MR) is 80.5 cm³/mol. The van der Waals surface area contributed by atoms with E-state index in [2.05, 4.69) is 12.2 Å². The fourth-order valence-corrected chi connectivity index (χ4v) is 3.49. The molecule has 2 fully saturated rings. The van der Waals surface area contributed by atoms with Crippen molar-refractivity contribution in [3.05, 3.63) is 0 Å². The van der Waals surface area contributed by atoms with Gasteiger partial charge in [-0.2, -0.15) is 0 Å². The zero-order chi connectivity index (χ0) is 14.5. The maximum absolute atomic E-state index is 12.2. The third-order valence-corrected chi connectivity index (χ3v) is 5.04. The number of nitrogens with zero attached hydrogens (tertiary/aromatic N) is 1. The molecule has 2 rings (SSSR count). The van der Waals surface area contributed by atoms with Crippen LogP contribution in [0.5, 0.6) is 0 Å². The molecule has 2 saturated carbocycles. The van der Waals surface area contributed by atoms with E-state index in [0.717, 1.165) is 38.1 Å². The van der Waals surface area contributed by atoms with Gasteiger partial charge >= 0.3 is 6.03 Å². The summed E-state index contributed by atoms with van der Waals surface area (Å²) in [6.07, 6.45) is 8.41. The van der Waals surface area contributed by atoms with E-state index in [1.807, 2.05) is 11.9 Å². The number of hydrogen-bond acceptors (Lipinski definition) is 2. The van der Waals surface area contributed by atoms with Crippen molar-refractivity contribution in [2.75, 3.05) is 13.6 Å². The van der Waals surface area contributed by atoms with Crippen molar-refractivity contribution >= 4 is 6.03 Å². The Kier molecular flexibility index (Phi) is 5.70. The molecule has 2 N–H and O–H groups in total. The molecule has 0 unspecified atom stereocenters. The van der Waals surface area contributed by atoms with E-state index in [4.69, 9.17) is 0 Å². The number of aliphatic hydroxyl groups is 1. The lowest BCUT2D eigenvalue weighted by Gasteiger charge is -2.32. The van der Waals surface area contributed by atoms with Crippen LogP contribution >= 0.6 is 0 Å². The highest BCUT2D eigenvalue weighted by molar-refractivity contribution is 5.74. The van der Waals surface area contributed by atoms with E-state index >= 15 is 0 Å². The van der Waals surface area contributed by atoms with E-state index in [1.54, 1.807) is 0 Å². The van der Waals surface area contributed by atoms with E-state index < -0.39 is 0 Å². The van der Waals surface area contributed by atoms with Crippen LogP contribution in [0.2, 0.25) is 0 Å². The molecule has 4 nitrogen and oxygen atoms in total. The first-order valence-corrected chi connectivity index (χ1v) is 8.24. The number of amides is 2. The molecule has 0 bridgehead atoms. The molecule has 0 aromatic heterocycles. The highest BCUT2D eigenvalue weighted by atomic mass is 16.3. The van der Waals surface area contributed by atoms with Crippen LogP contribution in [0.4, 0.5) is 4.79 Å². The summed E-state index contributed by atoms with van der Waals surface area (Å²) in [7, 11) is 1.91. The normalized spacial score (nSPS) is 34.5. The Balaban J connectivity index is 1.69. The van der Waals surface area contributed by atoms with Crippen LogP contribution in [0.15, 0.2) is 0 Å². The molecular weight excluding hydrogens is 252 g/mol. The molecule has 0 aromatic rings. The topological polar surface area (TPSA) is 52.6 Å². The second kappa shape index (κ2) is 7.30. The van der Waals surface area contributed by atoms with Crippen molar-refractivity contribution in [1.82, 2.24) is 10.2 Å². The molecule has 0 saturated heterocycles. The Hall–Kier alpha value is -0.770. The Morgan fingerprint density at radius 2 is 1.70 bits per heavy atom. The largest absolute Gasteiger partial charge is 0.393 e. The molecular formula is C16H30N2O2. The van der Waals surface area contributed by atoms with Gasteiger partial charge in [-0.1, -0.05) is 19.8 Å². The van der Waals surface area contributed by atoms with Gasteiger partial charge in [-0.05, 0) is 50.4 Å². The summed E-state index contributed by atoms with van der Waals surface area (Å²) < 4.78 is 0. The first-order chi connectivity index (χ1) is 9.54. The van der Waals surface area contributed by atoms with Crippen molar-refractivity contribution in [1.29, 1.82) is 0 Å². The van der Waals surface area contributed by atoms with E-state index in [0.29, 0.717) is 5.92 Å². The van der Waals surface area contributed by atoms with Gasteiger partial charge in [0.15, 0.2) is 0 Å². The zero-order valence-corrected chi connectivity index (χ0v) is 13.0. The van der Waals surface area contributed by atoms with Gasteiger partial charge in [0.05, 0.1) is 6.10 Å². The van der Waals surface area contributed by atoms with E-state index in [9.17, 15) is 9.90 Å². The minimum Gasteiger partial charge on any atom is -0.393 e. The summed E-state index contributed by atoms with van der Waals surface area (Å²) in [5.41, 5.74) is 0. The number of nitrogens with one attached hydrogen (secondary N) is 1. The second-order valence-electron chi connectivity index (χ2n) is 6.96. The first kappa shape index (κ1) is 15.6. The van der Waals surface area contributed by atoms with Crippen LogP contribution < -0.4 is 5.32 Å². The second-order valence-corrected chi connectivity index (χ2v) is 6.96. The molecule has 2 aliphatic rings. The fourth-order valence-electron chi connectivity index (χ4n) is 3.49. The lowest BCUT2D eigenvalue weighted by molar-refractivity contribution is 0.115. The molecule has 0 radical (unpaired) electrons. The SMILES string of the molecule is CC1CCC(CN(C)C(=O)NC2CCC(O)CC2)CC1. The van der Waals surface area contributed by atoms with Crippen LogP contribution in [0.1, 0.15) is 58.3 Å². The molecule has 116 valence electrons. The van der Waals surface area contributed by atoms with Gasteiger partial charge in [0, 0.05) is 19.6 Å². The number of hydrogen-bond donors (Lipinski definition) is 2. The van der Waals surface area contributed by atoms with Gasteiger partial charge in [0.1, 0.15) is 0 Å². The van der Waals surface area contributed by atoms with Crippen molar-refractivity contribution in [3.8, 4) is 0 Å². The van der Waals surface area contributed by atoms with Gasteiger partial charge in [0.25, 0.3) is 0 Å². The fraction of sp³-hybridized carbons (Fsp3) is 0.938. The molecule has 4 heteroatoms. The Labute approximate surface area is 122 Å². The minimum absolute atomic E-state index is 0.0602. The van der Waals surface area contributed by atoms with E-state index in [1.165, 1.54) is 25.7 Å². The Morgan fingerprint density at radius 3 is 2.30 bits per heavy atom. The number of aliphatic hydroxyl groups excluding tert-OH is 1. The third-order valence-electron chi connectivity index (χ3n) is 5.04. The lowest BCUT2D eigenvalue weighted by Crippen LogP contribution is -2.46. The van der Waals surface area contributed by atoms with E-state index in [-0.39, 0.29) is 18.2 Å². The van der Waals surface area contributed by atoms with Crippen LogP contribution in [-0.2, 0) is 0 Å². The van der Waals surface area contributed by atoms with Crippen LogP contribution in [-0.4, -0.2) is 41.8 Å². The number of rotatable bonds is 3. The van der Waals surface area contributed by atoms with Crippen molar-refractivity contribution in [2.45, 2.75) is 70.4 Å². The quantitative estimate of drug-likeness (QED) is 0.836. The Bertz CT molecular complexity index is 306. The summed E-state index contributed by atoms with van der Waals surface area (Å²) in [6.45, 7) is 3.21. The molecule has 0 heterocycles. The summed E-state index contributed by atoms with van der Waals surface area (Å²) in [6, 6.07) is 0.310. The van der Waals surface area contributed by atoms with Crippen molar-refractivity contribution in [3.63, 3.8) is 0 Å². The van der Waals surface area contributed by atoms with Crippen molar-refractivity contribution < 1.29 is 9.90 Å². The maximum atomic E-state index is 12.2. The van der Waals surface area contributed by atoms with Gasteiger partial charge < -0.3 is 15.3 Å². The molecule has 0 spiro atoms. The molecule has 0 aliphatic heterocycles. The van der Waals surface area contributed by atoms with Gasteiger partial charge in [-0.25, -0.2) is 4.79 Å². The number of carbonyl (C=O) groups is 1. The highest BCUT2D eigenvalue weighted by Gasteiger charge is 2.24. The zero-order valence-electron chi connectivity index (χ0n) is 13.0. The van der Waals surface area contributed by atoms with Gasteiger partial charge in [0.2, 0.25) is 0 Å². The average molecular weight is 282 g/mol. The lowest BCUT2D eigenvalue weighted by atomic mass is 9.83. The monoisotopic (exact) mass is 282 g/mol. The molecule has 2 amide bonds. The highest BCUT2D eigenvalue weighted by Crippen LogP contribution is 2.28. The number of carbonyl (C=O) groups excluding carboxylic acids is 1. The first-order valence-electron chi connectivity index (χ1n) is 8.24. The van der Waals surface area contributed by atoms with Gasteiger partial charge in [-0.15, -0.1) is 0 Å².